The topological polar surface area (TPSA) is 103 Å². The van der Waals surface area contributed by atoms with Gasteiger partial charge in [-0.05, 0) is 23.6 Å². The summed E-state index contributed by atoms with van der Waals surface area (Å²) in [5.41, 5.74) is 2.68. The van der Waals surface area contributed by atoms with Crippen molar-refractivity contribution in [1.82, 2.24) is 19.3 Å². The number of rotatable bonds is 3. The van der Waals surface area contributed by atoms with Crippen LogP contribution in [0.3, 0.4) is 0 Å². The van der Waals surface area contributed by atoms with E-state index in [0.29, 0.717) is 13.1 Å². The molecular weight excluding hydrogens is 338 g/mol. The Kier molecular flexibility index (Phi) is 3.71. The maximum absolute atomic E-state index is 12.3. The lowest BCUT2D eigenvalue weighted by Gasteiger charge is -2.17. The molecule has 0 amide bonds. The summed E-state index contributed by atoms with van der Waals surface area (Å²) in [6.45, 7) is 2.87. The molecule has 3 aromatic rings. The molecular formula is C17H17N5O2S. The lowest BCUT2D eigenvalue weighted by Crippen LogP contribution is -2.30. The highest BCUT2D eigenvalue weighted by Gasteiger charge is 2.37. The fraction of sp³-hybridized carbons (Fsp3) is 0.353. The Morgan fingerprint density at radius 1 is 1.36 bits per heavy atom. The minimum absolute atomic E-state index is 0.0551. The fourth-order valence-electron chi connectivity index (χ4n) is 3.72. The second kappa shape index (κ2) is 5.79. The van der Waals surface area contributed by atoms with Gasteiger partial charge in [-0.3, -0.25) is 4.98 Å². The molecule has 25 heavy (non-hydrogen) atoms. The van der Waals surface area contributed by atoms with Crippen LogP contribution >= 0.6 is 0 Å². The number of sulfonamides is 1. The van der Waals surface area contributed by atoms with Gasteiger partial charge in [0.1, 0.15) is 5.65 Å². The zero-order valence-electron chi connectivity index (χ0n) is 13.7. The second-order valence-electron chi connectivity index (χ2n) is 6.47. The van der Waals surface area contributed by atoms with Crippen molar-refractivity contribution >= 4 is 32.0 Å². The number of nitrogens with zero attached hydrogens (tertiary/aromatic N) is 4. The molecule has 4 rings (SSSR count). The van der Waals surface area contributed by atoms with Crippen LogP contribution in [0.4, 0.5) is 0 Å². The molecule has 0 saturated carbocycles. The zero-order valence-corrected chi connectivity index (χ0v) is 14.5. The SMILES string of the molecule is CC1CN(S(=O)(=O)CC#N)CC1c1ccnc2cnc3[nH]ccc3c12. The zero-order chi connectivity index (χ0) is 17.6. The van der Waals surface area contributed by atoms with E-state index in [1.54, 1.807) is 18.5 Å². The molecule has 1 aliphatic heterocycles. The van der Waals surface area contributed by atoms with Crippen molar-refractivity contribution in [2.75, 3.05) is 18.8 Å². The summed E-state index contributed by atoms with van der Waals surface area (Å²) in [6, 6.07) is 5.69. The third-order valence-electron chi connectivity index (χ3n) is 4.94. The Morgan fingerprint density at radius 3 is 3.00 bits per heavy atom. The van der Waals surface area contributed by atoms with Crippen molar-refractivity contribution in [3.05, 3.63) is 36.3 Å². The van der Waals surface area contributed by atoms with Gasteiger partial charge < -0.3 is 4.98 Å². The Morgan fingerprint density at radius 2 is 2.20 bits per heavy atom. The molecule has 4 heterocycles. The first-order valence-corrected chi connectivity index (χ1v) is 9.67. The number of aromatic nitrogens is 3. The highest BCUT2D eigenvalue weighted by Crippen LogP contribution is 2.38. The van der Waals surface area contributed by atoms with Gasteiger partial charge in [0.2, 0.25) is 10.0 Å². The monoisotopic (exact) mass is 355 g/mol. The summed E-state index contributed by atoms with van der Waals surface area (Å²) >= 11 is 0. The molecule has 0 radical (unpaired) electrons. The Balaban J connectivity index is 1.83. The van der Waals surface area contributed by atoms with Gasteiger partial charge in [-0.15, -0.1) is 0 Å². The molecule has 3 aromatic heterocycles. The van der Waals surface area contributed by atoms with E-state index < -0.39 is 15.8 Å². The summed E-state index contributed by atoms with van der Waals surface area (Å²) in [7, 11) is -3.53. The van der Waals surface area contributed by atoms with Crippen molar-refractivity contribution in [2.24, 2.45) is 5.92 Å². The predicted molar refractivity (Wildman–Crippen MR) is 94.3 cm³/mol. The number of nitrogens with one attached hydrogen (secondary N) is 1. The number of aromatic amines is 1. The summed E-state index contributed by atoms with van der Waals surface area (Å²) in [4.78, 5) is 11.9. The number of nitriles is 1. The molecule has 0 aliphatic carbocycles. The highest BCUT2D eigenvalue weighted by atomic mass is 32.2. The molecule has 2 atom stereocenters. The molecule has 0 bridgehead atoms. The number of hydrogen-bond donors (Lipinski definition) is 1. The average Bonchev–Trinajstić information content (AvgIpc) is 3.20. The standard InChI is InChI=1S/C17H17N5O2S/c1-11-9-22(25(23,24)7-4-18)10-14(11)12-2-5-19-15-8-21-17-13(16(12)15)3-6-20-17/h2-3,5-6,8,11,14H,7,9-10H2,1H3,(H,20,21). The summed E-state index contributed by atoms with van der Waals surface area (Å²) < 4.78 is 26.0. The molecule has 1 aliphatic rings. The van der Waals surface area contributed by atoms with Crippen LogP contribution in [0.15, 0.2) is 30.7 Å². The van der Waals surface area contributed by atoms with Crippen molar-refractivity contribution < 1.29 is 8.42 Å². The van der Waals surface area contributed by atoms with Gasteiger partial charge in [-0.1, -0.05) is 6.92 Å². The molecule has 128 valence electrons. The van der Waals surface area contributed by atoms with Gasteiger partial charge in [0.25, 0.3) is 0 Å². The van der Waals surface area contributed by atoms with Gasteiger partial charge >= 0.3 is 0 Å². The van der Waals surface area contributed by atoms with Crippen LogP contribution in [0.25, 0.3) is 21.9 Å². The van der Waals surface area contributed by atoms with Crippen LogP contribution in [0, 0.1) is 17.2 Å². The number of fused-ring (bicyclic) bond motifs is 3. The second-order valence-corrected chi connectivity index (χ2v) is 8.44. The molecule has 7 nitrogen and oxygen atoms in total. The van der Waals surface area contributed by atoms with Crippen LogP contribution in [-0.4, -0.2) is 46.5 Å². The molecule has 2 unspecified atom stereocenters. The van der Waals surface area contributed by atoms with Crippen molar-refractivity contribution in [3.63, 3.8) is 0 Å². The van der Waals surface area contributed by atoms with E-state index in [1.165, 1.54) is 4.31 Å². The van der Waals surface area contributed by atoms with E-state index in [9.17, 15) is 8.42 Å². The van der Waals surface area contributed by atoms with E-state index >= 15 is 0 Å². The maximum Gasteiger partial charge on any atom is 0.227 e. The number of pyridine rings is 2. The molecule has 0 spiro atoms. The number of H-pyrrole nitrogens is 1. The van der Waals surface area contributed by atoms with Crippen LogP contribution in [0.5, 0.6) is 0 Å². The van der Waals surface area contributed by atoms with Crippen molar-refractivity contribution in [3.8, 4) is 6.07 Å². The van der Waals surface area contributed by atoms with Crippen molar-refractivity contribution in [1.29, 1.82) is 5.26 Å². The van der Waals surface area contributed by atoms with E-state index in [0.717, 1.165) is 27.5 Å². The van der Waals surface area contributed by atoms with E-state index in [2.05, 4.69) is 15.0 Å². The first-order valence-electron chi connectivity index (χ1n) is 8.07. The van der Waals surface area contributed by atoms with Gasteiger partial charge in [-0.25, -0.2) is 17.7 Å². The summed E-state index contributed by atoms with van der Waals surface area (Å²) in [5.74, 6) is -0.268. The quantitative estimate of drug-likeness (QED) is 0.774. The Labute approximate surface area is 145 Å². The Hall–Kier alpha value is -2.50. The van der Waals surface area contributed by atoms with Crippen LogP contribution in [-0.2, 0) is 10.0 Å². The van der Waals surface area contributed by atoms with Gasteiger partial charge in [0.05, 0.1) is 17.8 Å². The lowest BCUT2D eigenvalue weighted by molar-refractivity contribution is 0.467. The number of hydrogen-bond acceptors (Lipinski definition) is 5. The van der Waals surface area contributed by atoms with E-state index in [4.69, 9.17) is 5.26 Å². The normalized spacial score (nSPS) is 21.8. The van der Waals surface area contributed by atoms with E-state index in [1.807, 2.05) is 25.3 Å². The molecule has 8 heteroatoms. The first kappa shape index (κ1) is 16.0. The molecule has 0 aromatic carbocycles. The average molecular weight is 355 g/mol. The fourth-order valence-corrected chi connectivity index (χ4v) is 4.91. The summed E-state index contributed by atoms with van der Waals surface area (Å²) in [5, 5.41) is 10.8. The van der Waals surface area contributed by atoms with Crippen LogP contribution in [0.1, 0.15) is 18.4 Å². The van der Waals surface area contributed by atoms with Crippen molar-refractivity contribution in [2.45, 2.75) is 12.8 Å². The van der Waals surface area contributed by atoms with Gasteiger partial charge in [-0.2, -0.15) is 5.26 Å². The minimum Gasteiger partial charge on any atom is -0.346 e. The van der Waals surface area contributed by atoms with Crippen LogP contribution in [0.2, 0.25) is 0 Å². The lowest BCUT2D eigenvalue weighted by atomic mass is 9.88. The smallest absolute Gasteiger partial charge is 0.227 e. The summed E-state index contributed by atoms with van der Waals surface area (Å²) in [6.07, 6.45) is 5.33. The predicted octanol–water partition coefficient (Wildman–Crippen LogP) is 2.00. The maximum atomic E-state index is 12.3. The molecule has 1 saturated heterocycles. The highest BCUT2D eigenvalue weighted by molar-refractivity contribution is 7.89. The van der Waals surface area contributed by atoms with Gasteiger partial charge in [0, 0.05) is 42.2 Å². The van der Waals surface area contributed by atoms with Crippen LogP contribution < -0.4 is 0 Å². The molecule has 1 N–H and O–H groups in total. The third-order valence-corrected chi connectivity index (χ3v) is 6.52. The Bertz CT molecular complexity index is 1100. The largest absolute Gasteiger partial charge is 0.346 e. The minimum atomic E-state index is -3.53. The third kappa shape index (κ3) is 2.56. The van der Waals surface area contributed by atoms with Gasteiger partial charge in [0.15, 0.2) is 5.75 Å². The first-order chi connectivity index (χ1) is 12.0. The van der Waals surface area contributed by atoms with E-state index in [-0.39, 0.29) is 11.8 Å². The molecule has 1 fully saturated rings.